The summed E-state index contributed by atoms with van der Waals surface area (Å²) < 4.78 is 1.92. The number of nitrogens with zero attached hydrogens (tertiary/aromatic N) is 5. The molecule has 8 N–H and O–H groups in total. The number of hydrogen-bond donors (Lipinski definition) is 8. The van der Waals surface area contributed by atoms with Gasteiger partial charge in [0.25, 0.3) is 0 Å². The van der Waals surface area contributed by atoms with Gasteiger partial charge in [0.1, 0.15) is 11.2 Å². The number of nitrogens with one attached hydrogen (secondary N) is 8. The van der Waals surface area contributed by atoms with Crippen LogP contribution in [0.2, 0.25) is 0 Å². The number of anilines is 2. The molecule has 8 bridgehead atoms. The van der Waals surface area contributed by atoms with Crippen LogP contribution in [0.15, 0.2) is 152 Å². The zero-order chi connectivity index (χ0) is 64.2. The van der Waals surface area contributed by atoms with Crippen LogP contribution in [-0.2, 0) is 19.2 Å². The van der Waals surface area contributed by atoms with E-state index in [4.69, 9.17) is 9.97 Å². The van der Waals surface area contributed by atoms with Crippen LogP contribution in [0.3, 0.4) is 0 Å². The van der Waals surface area contributed by atoms with Crippen LogP contribution in [0.5, 0.6) is 0 Å². The summed E-state index contributed by atoms with van der Waals surface area (Å²) in [7, 11) is 0. The second-order valence-electron chi connectivity index (χ2n) is 24.0. The second-order valence-corrected chi connectivity index (χ2v) is 24.0. The molecule has 17 nitrogen and oxygen atoms in total. The van der Waals surface area contributed by atoms with Gasteiger partial charge < -0.3 is 41.9 Å². The van der Waals surface area contributed by atoms with Crippen molar-refractivity contribution in [1.29, 1.82) is 0 Å². The number of fused-ring (bicyclic) bond motifs is 11. The Bertz CT molecular complexity index is 4590. The van der Waals surface area contributed by atoms with Gasteiger partial charge in [0.15, 0.2) is 5.65 Å². The number of rotatable bonds is 25. The molecule has 0 aliphatic carbocycles. The Kier molecular flexibility index (Phi) is 19.6. The SMILES string of the molecule is Cc1ccc(-c2c3nc(c(-c4ccc(C)cc4)c4ccc([nH]4)c(-c4ccc(NC(=O)CCC(=O)NCCCNCCCCNCCCNC(=O)CCC(=O)Nc5cnc6c(c5)nc5c(C)cccn56)cc4)c4nc(c(-c5ccc(C)cc5)c5ccc2[nH]5)C=C4)C=C3)cc1. The molecule has 12 rings (SSSR count). The quantitative estimate of drug-likeness (QED) is 0.0253. The highest BCUT2D eigenvalue weighted by molar-refractivity contribution is 6.01. The highest BCUT2D eigenvalue weighted by Gasteiger charge is 2.20. The van der Waals surface area contributed by atoms with E-state index in [-0.39, 0.29) is 49.3 Å². The van der Waals surface area contributed by atoms with Crippen molar-refractivity contribution in [3.05, 3.63) is 197 Å². The van der Waals surface area contributed by atoms with Crippen LogP contribution in [0, 0.1) is 27.7 Å². The van der Waals surface area contributed by atoms with E-state index in [9.17, 15) is 19.2 Å². The van der Waals surface area contributed by atoms with Gasteiger partial charge >= 0.3 is 0 Å². The summed E-state index contributed by atoms with van der Waals surface area (Å²) in [5.74, 6) is -0.822. The molecule has 4 aromatic carbocycles. The first-order valence-electron chi connectivity index (χ1n) is 32.1. The summed E-state index contributed by atoms with van der Waals surface area (Å²) in [6.45, 7) is 12.6. The zero-order valence-electron chi connectivity index (χ0n) is 53.0. The molecular weight excluding hydrogens is 1160 g/mol. The third kappa shape index (κ3) is 15.2. The molecule has 0 atom stereocenters. The highest BCUT2D eigenvalue weighted by Crippen LogP contribution is 2.39. The van der Waals surface area contributed by atoms with Gasteiger partial charge in [-0.3, -0.25) is 23.6 Å². The van der Waals surface area contributed by atoms with Crippen molar-refractivity contribution < 1.29 is 19.2 Å². The van der Waals surface area contributed by atoms with Gasteiger partial charge in [-0.25, -0.2) is 19.9 Å². The number of H-pyrrole nitrogens is 2. The molecule has 93 heavy (non-hydrogen) atoms. The molecular formula is C76H77N13O4. The van der Waals surface area contributed by atoms with Crippen molar-refractivity contribution in [1.82, 2.24) is 55.6 Å². The number of carbonyl (C=O) groups is 4. The fourth-order valence-electron chi connectivity index (χ4n) is 11.8. The lowest BCUT2D eigenvalue weighted by atomic mass is 10.0. The smallest absolute Gasteiger partial charge is 0.224 e. The molecule has 17 heteroatoms. The van der Waals surface area contributed by atoms with E-state index in [1.54, 1.807) is 12.3 Å². The first kappa shape index (κ1) is 62.6. The topological polar surface area (TPSA) is 228 Å². The van der Waals surface area contributed by atoms with Crippen molar-refractivity contribution >= 4 is 98.2 Å². The molecule has 0 fully saturated rings. The van der Waals surface area contributed by atoms with Crippen molar-refractivity contribution in [2.45, 2.75) is 79.1 Å². The van der Waals surface area contributed by atoms with Crippen LogP contribution < -0.4 is 31.9 Å². The lowest BCUT2D eigenvalue weighted by Gasteiger charge is -2.09. The van der Waals surface area contributed by atoms with Crippen molar-refractivity contribution in [2.24, 2.45) is 0 Å². The number of aryl methyl sites for hydroxylation is 4. The second kappa shape index (κ2) is 29.1. The van der Waals surface area contributed by atoms with Gasteiger partial charge in [-0.1, -0.05) is 108 Å². The summed E-state index contributed by atoms with van der Waals surface area (Å²) in [5, 5.41) is 18.6. The Morgan fingerprint density at radius 1 is 0.409 bits per heavy atom. The van der Waals surface area contributed by atoms with Gasteiger partial charge in [-0.15, -0.1) is 0 Å². The summed E-state index contributed by atoms with van der Waals surface area (Å²) in [6, 6.07) is 47.8. The lowest BCUT2D eigenvalue weighted by Crippen LogP contribution is -2.29. The van der Waals surface area contributed by atoms with Gasteiger partial charge in [-0.05, 0) is 180 Å². The van der Waals surface area contributed by atoms with E-state index in [0.29, 0.717) is 30.0 Å². The monoisotopic (exact) mass is 1240 g/mol. The summed E-state index contributed by atoms with van der Waals surface area (Å²) >= 11 is 0. The molecule has 0 spiro atoms. The fourth-order valence-corrected chi connectivity index (χ4v) is 11.8. The summed E-state index contributed by atoms with van der Waals surface area (Å²) in [4.78, 5) is 78.8. The lowest BCUT2D eigenvalue weighted by molar-refractivity contribution is -0.124. The molecule has 6 aromatic heterocycles. The number of carbonyl (C=O) groups excluding carboxylic acids is 4. The Morgan fingerprint density at radius 2 is 0.796 bits per heavy atom. The zero-order valence-corrected chi connectivity index (χ0v) is 53.0. The predicted molar refractivity (Wildman–Crippen MR) is 376 cm³/mol. The van der Waals surface area contributed by atoms with Gasteiger partial charge in [-0.2, -0.15) is 0 Å². The van der Waals surface area contributed by atoms with Crippen LogP contribution in [0.25, 0.3) is 108 Å². The van der Waals surface area contributed by atoms with Gasteiger partial charge in [0, 0.05) is 95.0 Å². The summed E-state index contributed by atoms with van der Waals surface area (Å²) in [5.41, 5.74) is 22.7. The van der Waals surface area contributed by atoms with Crippen LogP contribution in [-0.4, -0.2) is 97.2 Å². The molecule has 10 aromatic rings. The normalized spacial score (nSPS) is 11.8. The van der Waals surface area contributed by atoms with E-state index < -0.39 is 0 Å². The maximum Gasteiger partial charge on any atom is 0.224 e. The van der Waals surface area contributed by atoms with E-state index in [1.807, 2.05) is 53.9 Å². The van der Waals surface area contributed by atoms with E-state index in [1.165, 1.54) is 5.56 Å². The molecule has 0 unspecified atom stereocenters. The minimum Gasteiger partial charge on any atom is -0.356 e. The molecule has 470 valence electrons. The van der Waals surface area contributed by atoms with Crippen LogP contribution >= 0.6 is 0 Å². The summed E-state index contributed by atoms with van der Waals surface area (Å²) in [6.07, 6.45) is 15.8. The Morgan fingerprint density at radius 3 is 1.23 bits per heavy atom. The number of unbranched alkanes of at least 4 members (excludes halogenated alkanes) is 1. The fraction of sp³-hybridized carbons (Fsp3) is 0.237. The molecule has 0 saturated carbocycles. The first-order chi connectivity index (χ1) is 45.4. The number of pyridine rings is 2. The maximum absolute atomic E-state index is 13.3. The molecule has 2 aliphatic rings. The number of hydrogen-bond acceptors (Lipinski definition) is 10. The van der Waals surface area contributed by atoms with E-state index in [0.717, 1.165) is 169 Å². The number of amides is 4. The largest absolute Gasteiger partial charge is 0.356 e. The molecule has 0 radical (unpaired) electrons. The molecule has 4 amide bonds. The average Bonchev–Trinajstić information content (AvgIpc) is 1.65. The third-order valence-corrected chi connectivity index (χ3v) is 16.8. The van der Waals surface area contributed by atoms with Gasteiger partial charge in [0.05, 0.1) is 34.7 Å². The van der Waals surface area contributed by atoms with Crippen LogP contribution in [0.1, 0.15) is 96.4 Å². The number of aromatic nitrogens is 7. The Labute approximate surface area is 540 Å². The van der Waals surface area contributed by atoms with Gasteiger partial charge in [0.2, 0.25) is 23.6 Å². The third-order valence-electron chi connectivity index (χ3n) is 16.8. The van der Waals surface area contributed by atoms with E-state index in [2.05, 4.69) is 194 Å². The number of imidazole rings is 1. The standard InChI is InChI=1S/C76H77N13O4/c1-48-11-17-52(18-12-48)71-58-27-29-60(84-58)72(53-19-13-49(2)14-20-53)62-31-33-64(86-62)74(65-34-32-63(87-65)73(61-30-28-59(71)85-61)54-21-15-50(3)16-22-54)55-23-25-56(26-24-55)82-69(92)37-35-67(90)79-43-8-41-77-39-5-6-40-78-42-9-44-80-68(91)36-38-70(93)83-57-46-66-76(81-47-57)89-45-7-10-51(4)75(89)88-66/h7,10-34,45-47,77-78,84,87H,5-6,8-9,35-44H2,1-4H3,(H,79,90)(H,80,91)(H,82,92)(H,83,93). The molecule has 8 heterocycles. The van der Waals surface area contributed by atoms with Crippen molar-refractivity contribution in [3.63, 3.8) is 0 Å². The molecule has 2 aliphatic heterocycles. The first-order valence-corrected chi connectivity index (χ1v) is 32.1. The predicted octanol–water partition coefficient (Wildman–Crippen LogP) is 13.9. The minimum absolute atomic E-state index is 0.0492. The van der Waals surface area contributed by atoms with Crippen molar-refractivity contribution in [2.75, 3.05) is 49.9 Å². The number of aromatic amines is 2. The molecule has 0 saturated heterocycles. The van der Waals surface area contributed by atoms with E-state index >= 15 is 0 Å². The Hall–Kier alpha value is -10.6. The highest BCUT2D eigenvalue weighted by atomic mass is 16.2. The van der Waals surface area contributed by atoms with Crippen LogP contribution in [0.4, 0.5) is 11.4 Å². The van der Waals surface area contributed by atoms with Crippen molar-refractivity contribution in [3.8, 4) is 44.5 Å². The number of benzene rings is 4. The average molecular weight is 1240 g/mol. The Balaban J connectivity index is 0.612. The minimum atomic E-state index is -0.254. The maximum atomic E-state index is 13.3.